The van der Waals surface area contributed by atoms with E-state index >= 15 is 0 Å². The Morgan fingerprint density at radius 2 is 0.902 bits per heavy atom. The maximum atomic E-state index is 2.56. The summed E-state index contributed by atoms with van der Waals surface area (Å²) in [6, 6.07) is 83.5. The number of thiophene rings is 1. The van der Waals surface area contributed by atoms with Crippen LogP contribution in [0, 0.1) is 0 Å². The summed E-state index contributed by atoms with van der Waals surface area (Å²) in [5, 5.41) is 5.06. The second kappa shape index (κ2) is 13.2. The van der Waals surface area contributed by atoms with Crippen molar-refractivity contribution < 1.29 is 0 Å². The zero-order valence-corrected chi connectivity index (χ0v) is 34.0. The first kappa shape index (κ1) is 34.4. The third kappa shape index (κ3) is 4.83. The number of nitrogens with zero attached hydrogens (tertiary/aromatic N) is 1. The molecule has 284 valence electrons. The van der Waals surface area contributed by atoms with Crippen LogP contribution < -0.4 is 4.90 Å². The maximum absolute atomic E-state index is 2.56. The molecule has 1 nitrogen and oxygen atoms in total. The molecule has 11 aromatic rings. The average Bonchev–Trinajstić information content (AvgIpc) is 3.97. The minimum Gasteiger partial charge on any atom is -0.309 e. The van der Waals surface area contributed by atoms with Crippen molar-refractivity contribution in [2.24, 2.45) is 0 Å². The Morgan fingerprint density at radius 3 is 1.67 bits per heavy atom. The summed E-state index contributed by atoms with van der Waals surface area (Å²) < 4.78 is 2.58. The van der Waals surface area contributed by atoms with Gasteiger partial charge >= 0.3 is 0 Å². The molecule has 1 spiro atoms. The van der Waals surface area contributed by atoms with Gasteiger partial charge in [0.05, 0.1) is 16.8 Å². The number of rotatable bonds is 5. The van der Waals surface area contributed by atoms with Gasteiger partial charge in [0.1, 0.15) is 0 Å². The number of hydrogen-bond acceptors (Lipinski definition) is 2. The molecule has 2 heteroatoms. The number of anilines is 3. The molecule has 1 aromatic heterocycles. The Bertz CT molecular complexity index is 3490. The van der Waals surface area contributed by atoms with E-state index in [2.05, 4.69) is 229 Å². The van der Waals surface area contributed by atoms with Crippen LogP contribution in [0.3, 0.4) is 0 Å². The van der Waals surface area contributed by atoms with Crippen molar-refractivity contribution in [3.05, 3.63) is 247 Å². The molecule has 13 rings (SSSR count). The molecule has 2 aliphatic rings. The first-order valence-electron chi connectivity index (χ1n) is 21.1. The highest BCUT2D eigenvalue weighted by Crippen LogP contribution is 2.65. The number of fused-ring (bicyclic) bond motifs is 14. The smallest absolute Gasteiger partial charge is 0.0726 e. The summed E-state index contributed by atoms with van der Waals surface area (Å²) in [6.45, 7) is 0. The fourth-order valence-corrected chi connectivity index (χ4v) is 12.1. The average molecular weight is 792 g/mol. The molecule has 0 atom stereocenters. The summed E-state index contributed by atoms with van der Waals surface area (Å²) in [7, 11) is 0. The van der Waals surface area contributed by atoms with Crippen molar-refractivity contribution in [2.75, 3.05) is 4.90 Å². The lowest BCUT2D eigenvalue weighted by atomic mass is 9.70. The summed E-state index contributed by atoms with van der Waals surface area (Å²) >= 11 is 1.89. The predicted octanol–water partition coefficient (Wildman–Crippen LogP) is 16.4. The van der Waals surface area contributed by atoms with Crippen molar-refractivity contribution in [1.29, 1.82) is 0 Å². The van der Waals surface area contributed by atoms with E-state index in [1.54, 1.807) is 0 Å². The van der Waals surface area contributed by atoms with E-state index < -0.39 is 5.41 Å². The highest BCUT2D eigenvalue weighted by molar-refractivity contribution is 7.26. The van der Waals surface area contributed by atoms with Crippen molar-refractivity contribution >= 4 is 59.3 Å². The number of hydrogen-bond donors (Lipinski definition) is 0. The van der Waals surface area contributed by atoms with Crippen LogP contribution in [0.5, 0.6) is 0 Å². The molecular weight excluding hydrogens is 755 g/mol. The lowest BCUT2D eigenvalue weighted by molar-refractivity contribution is 0.794. The molecule has 0 radical (unpaired) electrons. The Labute approximate surface area is 359 Å². The summed E-state index contributed by atoms with van der Waals surface area (Å²) in [5.41, 5.74) is 18.5. The van der Waals surface area contributed by atoms with Crippen LogP contribution in [0.25, 0.3) is 75.5 Å². The molecule has 2 aliphatic carbocycles. The van der Waals surface area contributed by atoms with E-state index in [1.807, 2.05) is 11.3 Å². The minimum atomic E-state index is -0.444. The van der Waals surface area contributed by atoms with Gasteiger partial charge in [0.2, 0.25) is 0 Å². The minimum absolute atomic E-state index is 0.444. The van der Waals surface area contributed by atoms with Gasteiger partial charge in [-0.2, -0.15) is 0 Å². The van der Waals surface area contributed by atoms with Crippen LogP contribution >= 0.6 is 11.3 Å². The zero-order valence-electron chi connectivity index (χ0n) is 33.2. The van der Waals surface area contributed by atoms with Gasteiger partial charge in [0.15, 0.2) is 0 Å². The van der Waals surface area contributed by atoms with Crippen molar-refractivity contribution in [1.82, 2.24) is 0 Å². The van der Waals surface area contributed by atoms with Crippen LogP contribution in [-0.2, 0) is 5.41 Å². The first-order chi connectivity index (χ1) is 30.3. The summed E-state index contributed by atoms with van der Waals surface area (Å²) in [5.74, 6) is 0. The Morgan fingerprint density at radius 1 is 0.344 bits per heavy atom. The van der Waals surface area contributed by atoms with Crippen LogP contribution in [0.15, 0.2) is 224 Å². The highest BCUT2D eigenvalue weighted by Gasteiger charge is 2.52. The molecule has 0 unspecified atom stereocenters. The topological polar surface area (TPSA) is 3.24 Å². The van der Waals surface area contributed by atoms with Gasteiger partial charge in [-0.25, -0.2) is 0 Å². The van der Waals surface area contributed by atoms with E-state index in [0.717, 1.165) is 5.69 Å². The van der Waals surface area contributed by atoms with Crippen LogP contribution in [0.2, 0.25) is 0 Å². The van der Waals surface area contributed by atoms with Crippen molar-refractivity contribution in [2.45, 2.75) is 5.41 Å². The summed E-state index contributed by atoms with van der Waals surface area (Å²) in [4.78, 5) is 2.56. The van der Waals surface area contributed by atoms with Crippen LogP contribution in [-0.4, -0.2) is 0 Å². The van der Waals surface area contributed by atoms with Gasteiger partial charge in [-0.3, -0.25) is 0 Å². The molecule has 10 aromatic carbocycles. The molecule has 0 fully saturated rings. The highest BCUT2D eigenvalue weighted by atomic mass is 32.1. The van der Waals surface area contributed by atoms with Gasteiger partial charge in [0.25, 0.3) is 0 Å². The fourth-order valence-electron chi connectivity index (χ4n) is 10.8. The lowest BCUT2D eigenvalue weighted by Gasteiger charge is -2.32. The Balaban J connectivity index is 1.12. The molecular formula is C59H37NS. The van der Waals surface area contributed by atoms with Crippen LogP contribution in [0.4, 0.5) is 17.1 Å². The number of benzene rings is 10. The molecule has 0 aliphatic heterocycles. The molecule has 0 saturated carbocycles. The van der Waals surface area contributed by atoms with E-state index in [0.29, 0.717) is 0 Å². The van der Waals surface area contributed by atoms with Gasteiger partial charge < -0.3 is 4.90 Å². The van der Waals surface area contributed by atoms with Gasteiger partial charge in [-0.05, 0) is 102 Å². The molecule has 61 heavy (non-hydrogen) atoms. The van der Waals surface area contributed by atoms with Crippen LogP contribution in [0.1, 0.15) is 22.3 Å². The zero-order chi connectivity index (χ0) is 40.1. The van der Waals surface area contributed by atoms with Crippen molar-refractivity contribution in [3.8, 4) is 44.5 Å². The third-order valence-corrected chi connectivity index (χ3v) is 14.5. The quantitative estimate of drug-likeness (QED) is 0.168. The van der Waals surface area contributed by atoms with E-state index in [4.69, 9.17) is 0 Å². The standard InChI is InChI=1S/C59H37NS/c1-2-16-39(17-3-1)44-36-37-54(57-48-24-9-13-31-55(48)61-58(44)57)60(41-34-32-40(33-35-41)43-25-14-19-38-18-4-5-20-42(38)43)53-30-15-29-52-56(53)47-23-8-12-28-51(47)59(52)49-26-10-6-21-45(49)46-22-7-11-27-50(46)59/h1-37H. The Kier molecular flexibility index (Phi) is 7.46. The Hall–Kier alpha value is -7.52. The largest absolute Gasteiger partial charge is 0.309 e. The van der Waals surface area contributed by atoms with E-state index in [1.165, 1.54) is 109 Å². The van der Waals surface area contributed by atoms with Gasteiger partial charge in [0, 0.05) is 31.4 Å². The molecule has 1 heterocycles. The van der Waals surface area contributed by atoms with Crippen molar-refractivity contribution in [3.63, 3.8) is 0 Å². The third-order valence-electron chi connectivity index (χ3n) is 13.3. The fraction of sp³-hybridized carbons (Fsp3) is 0.0169. The second-order valence-corrected chi connectivity index (χ2v) is 17.3. The maximum Gasteiger partial charge on any atom is 0.0726 e. The predicted molar refractivity (Wildman–Crippen MR) is 259 cm³/mol. The SMILES string of the molecule is c1ccc(-c2ccc(N(c3ccc(-c4cccc5ccccc45)cc3)c3cccc4c3-c3ccccc3C43c4ccccc4-c4ccccc43)c3c2sc2ccccc23)cc1. The first-order valence-corrected chi connectivity index (χ1v) is 21.9. The summed E-state index contributed by atoms with van der Waals surface area (Å²) in [6.07, 6.45) is 0. The normalized spacial score (nSPS) is 13.0. The molecule has 0 bridgehead atoms. The lowest BCUT2D eigenvalue weighted by Crippen LogP contribution is -2.26. The molecule has 0 amide bonds. The molecule has 0 saturated heterocycles. The molecule has 0 N–H and O–H groups in total. The second-order valence-electron chi connectivity index (χ2n) is 16.3. The van der Waals surface area contributed by atoms with Gasteiger partial charge in [-0.1, -0.05) is 194 Å². The monoisotopic (exact) mass is 791 g/mol. The van der Waals surface area contributed by atoms with E-state index in [9.17, 15) is 0 Å². The van der Waals surface area contributed by atoms with E-state index in [-0.39, 0.29) is 0 Å². The van der Waals surface area contributed by atoms with Gasteiger partial charge in [-0.15, -0.1) is 11.3 Å².